The fraction of sp³-hybridized carbons (Fsp3) is 0.400. The third-order valence-electron chi connectivity index (χ3n) is 4.38. The second-order valence-corrected chi connectivity index (χ2v) is 8.56. The van der Waals surface area contributed by atoms with Gasteiger partial charge in [0.25, 0.3) is 5.91 Å². The van der Waals surface area contributed by atoms with Crippen LogP contribution in [0.15, 0.2) is 36.5 Å². The Labute approximate surface area is 172 Å². The molecule has 2 aromatic rings. The first-order valence-corrected chi connectivity index (χ1v) is 11.0. The van der Waals surface area contributed by atoms with E-state index in [0.29, 0.717) is 42.7 Å². The smallest absolute Gasteiger partial charge is 0.257 e. The molecule has 6 nitrogen and oxygen atoms in total. The Hall–Kier alpha value is -1.96. The van der Waals surface area contributed by atoms with Gasteiger partial charge in [0.15, 0.2) is 0 Å². The summed E-state index contributed by atoms with van der Waals surface area (Å²) in [5.41, 5.74) is 1.89. The molecular formula is C20H23ClN2O4S. The molecule has 1 aliphatic heterocycles. The van der Waals surface area contributed by atoms with Crippen LogP contribution in [0.1, 0.15) is 35.7 Å². The number of hydrogen-bond acceptors (Lipinski definition) is 5. The van der Waals surface area contributed by atoms with Crippen LogP contribution in [0.25, 0.3) is 0 Å². The number of halogens is 1. The summed E-state index contributed by atoms with van der Waals surface area (Å²) in [4.78, 5) is 16.6. The molecule has 1 amide bonds. The Balaban J connectivity index is 1.64. The van der Waals surface area contributed by atoms with Crippen molar-refractivity contribution in [3.05, 3.63) is 52.7 Å². The highest BCUT2D eigenvalue weighted by Gasteiger charge is 2.20. The summed E-state index contributed by atoms with van der Waals surface area (Å²) in [6.45, 7) is 3.62. The van der Waals surface area contributed by atoms with Crippen molar-refractivity contribution in [3.63, 3.8) is 0 Å². The minimum atomic E-state index is -0.956. The van der Waals surface area contributed by atoms with Crippen molar-refractivity contribution in [1.82, 2.24) is 4.98 Å². The monoisotopic (exact) mass is 422 g/mol. The number of carbonyl (C=O) groups excluding carboxylic acids is 1. The molecule has 0 bridgehead atoms. The molecule has 28 heavy (non-hydrogen) atoms. The molecular weight excluding hydrogens is 400 g/mol. The summed E-state index contributed by atoms with van der Waals surface area (Å²) in [6, 6.07) is 8.93. The van der Waals surface area contributed by atoms with E-state index in [1.807, 2.05) is 25.1 Å². The lowest BCUT2D eigenvalue weighted by Gasteiger charge is -2.21. The van der Waals surface area contributed by atoms with Crippen molar-refractivity contribution in [2.24, 2.45) is 0 Å². The van der Waals surface area contributed by atoms with E-state index in [4.69, 9.17) is 21.1 Å². The average Bonchev–Trinajstić information content (AvgIpc) is 2.70. The number of aromatic nitrogens is 1. The first kappa shape index (κ1) is 20.8. The maximum atomic E-state index is 12.6. The fourth-order valence-electron chi connectivity index (χ4n) is 2.96. The largest absolute Gasteiger partial charge is 0.477 e. The molecule has 2 heterocycles. The Morgan fingerprint density at radius 3 is 2.86 bits per heavy atom. The van der Waals surface area contributed by atoms with Crippen LogP contribution in [-0.4, -0.2) is 40.2 Å². The van der Waals surface area contributed by atoms with Crippen LogP contribution >= 0.6 is 11.6 Å². The summed E-state index contributed by atoms with van der Waals surface area (Å²) >= 11 is 6.10. The van der Waals surface area contributed by atoms with Crippen LogP contribution < -0.4 is 10.1 Å². The van der Waals surface area contributed by atoms with Gasteiger partial charge in [-0.3, -0.25) is 9.00 Å². The van der Waals surface area contributed by atoms with E-state index in [2.05, 4.69) is 10.3 Å². The second kappa shape index (κ2) is 10.0. The summed E-state index contributed by atoms with van der Waals surface area (Å²) in [5, 5.41) is 3.29. The van der Waals surface area contributed by atoms with Crippen molar-refractivity contribution in [2.45, 2.75) is 30.8 Å². The van der Waals surface area contributed by atoms with Gasteiger partial charge in [-0.25, -0.2) is 4.98 Å². The average molecular weight is 423 g/mol. The van der Waals surface area contributed by atoms with Crippen molar-refractivity contribution in [1.29, 1.82) is 0 Å². The number of nitrogens with one attached hydrogen (secondary N) is 1. The van der Waals surface area contributed by atoms with Gasteiger partial charge in [-0.05, 0) is 43.5 Å². The van der Waals surface area contributed by atoms with Gasteiger partial charge in [-0.15, -0.1) is 0 Å². The number of anilines is 1. The predicted octanol–water partition coefficient (Wildman–Crippen LogP) is 3.81. The maximum Gasteiger partial charge on any atom is 0.257 e. The normalized spacial score (nSPS) is 15.8. The number of carbonyl (C=O) groups is 1. The molecule has 0 radical (unpaired) electrons. The Morgan fingerprint density at radius 1 is 1.36 bits per heavy atom. The van der Waals surface area contributed by atoms with Crippen molar-refractivity contribution < 1.29 is 18.5 Å². The molecule has 0 saturated carbocycles. The second-order valence-electron chi connectivity index (χ2n) is 6.44. The Morgan fingerprint density at radius 2 is 2.14 bits per heavy atom. The first-order valence-electron chi connectivity index (χ1n) is 9.20. The highest BCUT2D eigenvalue weighted by Crippen LogP contribution is 2.23. The van der Waals surface area contributed by atoms with E-state index >= 15 is 0 Å². The third kappa shape index (κ3) is 5.53. The molecule has 1 aliphatic rings. The van der Waals surface area contributed by atoms with Crippen LogP contribution in [-0.2, 0) is 21.3 Å². The number of nitrogens with zero attached hydrogens (tertiary/aromatic N) is 1. The maximum absolute atomic E-state index is 12.6. The predicted molar refractivity (Wildman–Crippen MR) is 110 cm³/mol. The van der Waals surface area contributed by atoms with Crippen LogP contribution in [0, 0.1) is 0 Å². The van der Waals surface area contributed by atoms with Crippen molar-refractivity contribution in [3.8, 4) is 5.88 Å². The minimum absolute atomic E-state index is 0.170. The van der Waals surface area contributed by atoms with Crippen molar-refractivity contribution in [2.75, 3.05) is 25.1 Å². The van der Waals surface area contributed by atoms with Crippen LogP contribution in [0.5, 0.6) is 5.88 Å². The van der Waals surface area contributed by atoms with Crippen LogP contribution in [0.3, 0.4) is 0 Å². The molecule has 1 saturated heterocycles. The molecule has 8 heteroatoms. The topological polar surface area (TPSA) is 77.5 Å². The standard InChI is InChI=1S/C20H23ClN2O4S/c1-2-27-20-18(21)11-15(12-22-20)19(24)23-16-5-3-4-14(10-16)13-28(25)17-6-8-26-9-7-17/h3-5,10-12,17H,2,6-9,13H2,1H3,(H,23,24). The summed E-state index contributed by atoms with van der Waals surface area (Å²) < 4.78 is 23.2. The Bertz CT molecular complexity index is 856. The number of amides is 1. The lowest BCUT2D eigenvalue weighted by Crippen LogP contribution is -2.25. The zero-order chi connectivity index (χ0) is 19.9. The van der Waals surface area contributed by atoms with E-state index in [9.17, 15) is 9.00 Å². The fourth-order valence-corrected chi connectivity index (χ4v) is 4.64. The lowest BCUT2D eigenvalue weighted by molar-refractivity contribution is 0.0991. The van der Waals surface area contributed by atoms with Crippen molar-refractivity contribution >= 4 is 34.0 Å². The molecule has 1 aromatic heterocycles. The van der Waals surface area contributed by atoms with E-state index in [0.717, 1.165) is 18.4 Å². The number of hydrogen-bond donors (Lipinski definition) is 1. The van der Waals surface area contributed by atoms with Gasteiger partial charge in [0, 0.05) is 46.9 Å². The van der Waals surface area contributed by atoms with Gasteiger partial charge in [-0.1, -0.05) is 23.7 Å². The lowest BCUT2D eigenvalue weighted by atomic mass is 10.2. The number of benzene rings is 1. The van der Waals surface area contributed by atoms with Gasteiger partial charge >= 0.3 is 0 Å². The van der Waals surface area contributed by atoms with E-state index in [-0.39, 0.29) is 16.2 Å². The van der Waals surface area contributed by atoms with E-state index in [1.165, 1.54) is 12.3 Å². The zero-order valence-electron chi connectivity index (χ0n) is 15.7. The van der Waals surface area contributed by atoms with E-state index in [1.54, 1.807) is 6.07 Å². The Kier molecular flexibility index (Phi) is 7.42. The third-order valence-corrected chi connectivity index (χ3v) is 6.49. The highest BCUT2D eigenvalue weighted by atomic mass is 35.5. The molecule has 0 aliphatic carbocycles. The number of pyridine rings is 1. The van der Waals surface area contributed by atoms with Gasteiger partial charge in [0.1, 0.15) is 5.02 Å². The number of rotatable bonds is 7. The highest BCUT2D eigenvalue weighted by molar-refractivity contribution is 7.84. The SMILES string of the molecule is CCOc1ncc(C(=O)Nc2cccc(CS(=O)C3CCOCC3)c2)cc1Cl. The first-order chi connectivity index (χ1) is 13.6. The number of ether oxygens (including phenoxy) is 2. The molecule has 1 N–H and O–H groups in total. The molecule has 1 aromatic carbocycles. The molecule has 1 unspecified atom stereocenters. The van der Waals surface area contributed by atoms with Gasteiger partial charge in [0.2, 0.25) is 5.88 Å². The van der Waals surface area contributed by atoms with Gasteiger partial charge in [-0.2, -0.15) is 0 Å². The summed E-state index contributed by atoms with van der Waals surface area (Å²) in [7, 11) is -0.956. The molecule has 1 fully saturated rings. The molecule has 3 rings (SSSR count). The molecule has 0 spiro atoms. The van der Waals surface area contributed by atoms with Crippen LogP contribution in [0.2, 0.25) is 5.02 Å². The molecule has 1 atom stereocenters. The van der Waals surface area contributed by atoms with Gasteiger partial charge < -0.3 is 14.8 Å². The van der Waals surface area contributed by atoms with Crippen LogP contribution in [0.4, 0.5) is 5.69 Å². The molecule has 150 valence electrons. The summed E-state index contributed by atoms with van der Waals surface area (Å²) in [6.07, 6.45) is 3.08. The van der Waals surface area contributed by atoms with E-state index < -0.39 is 10.8 Å². The summed E-state index contributed by atoms with van der Waals surface area (Å²) in [5.74, 6) is 0.448. The zero-order valence-corrected chi connectivity index (χ0v) is 17.2. The minimum Gasteiger partial charge on any atom is -0.477 e. The van der Waals surface area contributed by atoms with Gasteiger partial charge in [0.05, 0.1) is 12.2 Å². The quantitative estimate of drug-likeness (QED) is 0.734.